The molecule has 0 aliphatic rings. The van der Waals surface area contributed by atoms with E-state index in [2.05, 4.69) is 34.6 Å². The molecule has 1 unspecified atom stereocenters. The fourth-order valence-electron chi connectivity index (χ4n) is 2.82. The van der Waals surface area contributed by atoms with E-state index in [-0.39, 0.29) is 24.1 Å². The molecule has 2 N–H and O–H groups in total. The van der Waals surface area contributed by atoms with E-state index in [4.69, 9.17) is 0 Å². The second-order valence-electron chi connectivity index (χ2n) is 6.85. The van der Waals surface area contributed by atoms with Crippen molar-refractivity contribution in [1.82, 2.24) is 24.6 Å². The van der Waals surface area contributed by atoms with Gasteiger partial charge in [-0.15, -0.1) is 0 Å². The molecule has 3 rings (SSSR count). The van der Waals surface area contributed by atoms with Crippen molar-refractivity contribution in [3.63, 3.8) is 0 Å². The van der Waals surface area contributed by atoms with Crippen LogP contribution >= 0.6 is 0 Å². The van der Waals surface area contributed by atoms with Crippen molar-refractivity contribution in [3.05, 3.63) is 53.2 Å². The van der Waals surface area contributed by atoms with Crippen LogP contribution in [0.5, 0.6) is 0 Å². The Morgan fingerprint density at radius 2 is 1.96 bits per heavy atom. The molecule has 0 fully saturated rings. The number of carbonyl (C=O) groups is 1. The zero-order chi connectivity index (χ0) is 19.4. The van der Waals surface area contributed by atoms with Gasteiger partial charge in [0.1, 0.15) is 18.3 Å². The molecule has 2 heterocycles. The third kappa shape index (κ3) is 4.33. The lowest BCUT2D eigenvalue weighted by molar-refractivity contribution is -0.121. The highest BCUT2D eigenvalue weighted by molar-refractivity contribution is 5.77. The minimum atomic E-state index is -0.272. The number of para-hydroxylation sites is 1. The summed E-state index contributed by atoms with van der Waals surface area (Å²) < 4.78 is 2.83. The topological polar surface area (TPSA) is 93.8 Å². The first kappa shape index (κ1) is 18.6. The molecule has 0 radical (unpaired) electrons. The maximum absolute atomic E-state index is 12.4. The molecule has 27 heavy (non-hydrogen) atoms. The van der Waals surface area contributed by atoms with Gasteiger partial charge in [0.25, 0.3) is 5.56 Å². The van der Waals surface area contributed by atoms with Crippen molar-refractivity contribution in [2.45, 2.75) is 26.4 Å². The summed E-state index contributed by atoms with van der Waals surface area (Å²) in [5.74, 6) is 0.0873. The Morgan fingerprint density at radius 1 is 1.22 bits per heavy atom. The van der Waals surface area contributed by atoms with Crippen LogP contribution in [0.3, 0.4) is 0 Å². The van der Waals surface area contributed by atoms with Gasteiger partial charge in [-0.25, -0.2) is 4.98 Å². The summed E-state index contributed by atoms with van der Waals surface area (Å²) >= 11 is 0. The van der Waals surface area contributed by atoms with E-state index < -0.39 is 0 Å². The second kappa shape index (κ2) is 8.03. The average molecular weight is 368 g/mol. The number of nitrogens with zero attached hydrogens (tertiary/aromatic N) is 4. The van der Waals surface area contributed by atoms with Crippen molar-refractivity contribution >= 4 is 22.6 Å². The van der Waals surface area contributed by atoms with Gasteiger partial charge in [-0.05, 0) is 18.1 Å². The fourth-order valence-corrected chi connectivity index (χ4v) is 2.82. The van der Waals surface area contributed by atoms with Crippen molar-refractivity contribution < 1.29 is 4.79 Å². The Labute approximate surface area is 157 Å². The van der Waals surface area contributed by atoms with E-state index in [0.29, 0.717) is 23.5 Å². The van der Waals surface area contributed by atoms with Gasteiger partial charge in [-0.2, -0.15) is 5.10 Å². The SMILES string of the molecule is CC(C)C(CNC(=O)Cn1cnc2c(cnn2C)c1=O)Nc1ccccc1. The van der Waals surface area contributed by atoms with E-state index in [1.165, 1.54) is 21.8 Å². The van der Waals surface area contributed by atoms with Crippen molar-refractivity contribution in [3.8, 4) is 0 Å². The van der Waals surface area contributed by atoms with Gasteiger partial charge in [0.2, 0.25) is 5.91 Å². The molecule has 1 atom stereocenters. The van der Waals surface area contributed by atoms with E-state index in [1.54, 1.807) is 7.05 Å². The first-order valence-corrected chi connectivity index (χ1v) is 8.91. The standard InChI is InChI=1S/C19H24N6O2/c1-13(2)16(23-14-7-5-4-6-8-14)10-20-17(26)11-25-12-21-18-15(19(25)27)9-22-24(18)3/h4-9,12-13,16,23H,10-11H2,1-3H3,(H,20,26). The van der Waals surface area contributed by atoms with E-state index in [1.807, 2.05) is 30.3 Å². The summed E-state index contributed by atoms with van der Waals surface area (Å²) in [4.78, 5) is 29.0. The molecule has 3 aromatic rings. The average Bonchev–Trinajstić information content (AvgIpc) is 3.03. The summed E-state index contributed by atoms with van der Waals surface area (Å²) in [5.41, 5.74) is 1.24. The summed E-state index contributed by atoms with van der Waals surface area (Å²) in [6.45, 7) is 4.57. The number of fused-ring (bicyclic) bond motifs is 1. The number of rotatable bonds is 7. The van der Waals surface area contributed by atoms with Gasteiger partial charge >= 0.3 is 0 Å². The van der Waals surface area contributed by atoms with Gasteiger partial charge in [-0.1, -0.05) is 32.0 Å². The first-order chi connectivity index (χ1) is 13.0. The highest BCUT2D eigenvalue weighted by Crippen LogP contribution is 2.11. The molecule has 0 spiro atoms. The molecule has 8 nitrogen and oxygen atoms in total. The predicted octanol–water partition coefficient (Wildman–Crippen LogP) is 1.38. The van der Waals surface area contributed by atoms with Gasteiger partial charge in [0.05, 0.1) is 6.20 Å². The Balaban J connectivity index is 1.63. The smallest absolute Gasteiger partial charge is 0.264 e. The van der Waals surface area contributed by atoms with Crippen LogP contribution in [0.25, 0.3) is 11.0 Å². The molecule has 0 bridgehead atoms. The number of aryl methyl sites for hydroxylation is 1. The van der Waals surface area contributed by atoms with Crippen molar-refractivity contribution in [2.24, 2.45) is 13.0 Å². The van der Waals surface area contributed by atoms with Crippen LogP contribution < -0.4 is 16.2 Å². The van der Waals surface area contributed by atoms with Crippen molar-refractivity contribution in [2.75, 3.05) is 11.9 Å². The number of amides is 1. The van der Waals surface area contributed by atoms with Crippen LogP contribution in [0.2, 0.25) is 0 Å². The van der Waals surface area contributed by atoms with Crippen LogP contribution in [-0.2, 0) is 18.4 Å². The highest BCUT2D eigenvalue weighted by Gasteiger charge is 2.15. The molecule has 1 amide bonds. The summed E-state index contributed by atoms with van der Waals surface area (Å²) in [7, 11) is 1.72. The number of hydrogen-bond donors (Lipinski definition) is 2. The molecule has 0 aliphatic carbocycles. The molecule has 0 saturated carbocycles. The molecule has 1 aromatic carbocycles. The third-order valence-corrected chi connectivity index (χ3v) is 4.48. The largest absolute Gasteiger partial charge is 0.380 e. The summed E-state index contributed by atoms with van der Waals surface area (Å²) in [5, 5.41) is 10.8. The molecule has 2 aromatic heterocycles. The van der Waals surface area contributed by atoms with Crippen LogP contribution in [0.4, 0.5) is 5.69 Å². The lowest BCUT2D eigenvalue weighted by atomic mass is 10.0. The lowest BCUT2D eigenvalue weighted by Crippen LogP contribution is -2.41. The van der Waals surface area contributed by atoms with Crippen LogP contribution in [0.15, 0.2) is 47.7 Å². The van der Waals surface area contributed by atoms with Gasteiger partial charge in [0, 0.05) is 25.3 Å². The molecular weight excluding hydrogens is 344 g/mol. The first-order valence-electron chi connectivity index (χ1n) is 8.91. The number of anilines is 1. The number of aromatic nitrogens is 4. The van der Waals surface area contributed by atoms with Gasteiger partial charge < -0.3 is 10.6 Å². The van der Waals surface area contributed by atoms with Gasteiger partial charge in [-0.3, -0.25) is 18.8 Å². The maximum atomic E-state index is 12.4. The second-order valence-corrected chi connectivity index (χ2v) is 6.85. The third-order valence-electron chi connectivity index (χ3n) is 4.48. The molecular formula is C19H24N6O2. The quantitative estimate of drug-likeness (QED) is 0.657. The minimum Gasteiger partial charge on any atom is -0.380 e. The number of carbonyl (C=O) groups excluding carboxylic acids is 1. The summed E-state index contributed by atoms with van der Waals surface area (Å²) in [6.07, 6.45) is 2.85. The van der Waals surface area contributed by atoms with Crippen molar-refractivity contribution in [1.29, 1.82) is 0 Å². The number of nitrogens with one attached hydrogen (secondary N) is 2. The Morgan fingerprint density at radius 3 is 2.67 bits per heavy atom. The minimum absolute atomic E-state index is 0.0759. The van der Waals surface area contributed by atoms with E-state index in [0.717, 1.165) is 5.69 Å². The normalized spacial score (nSPS) is 12.3. The zero-order valence-electron chi connectivity index (χ0n) is 15.7. The Kier molecular flexibility index (Phi) is 5.54. The van der Waals surface area contributed by atoms with E-state index in [9.17, 15) is 9.59 Å². The number of hydrogen-bond acceptors (Lipinski definition) is 5. The molecule has 0 aliphatic heterocycles. The van der Waals surface area contributed by atoms with Crippen LogP contribution in [0.1, 0.15) is 13.8 Å². The number of benzene rings is 1. The molecule has 8 heteroatoms. The predicted molar refractivity (Wildman–Crippen MR) is 104 cm³/mol. The van der Waals surface area contributed by atoms with E-state index >= 15 is 0 Å². The van der Waals surface area contributed by atoms with Gasteiger partial charge in [0.15, 0.2) is 5.65 Å². The molecule has 142 valence electrons. The lowest BCUT2D eigenvalue weighted by Gasteiger charge is -2.24. The fraction of sp³-hybridized carbons (Fsp3) is 0.368. The maximum Gasteiger partial charge on any atom is 0.264 e. The Hall–Kier alpha value is -3.16. The molecule has 0 saturated heterocycles. The summed E-state index contributed by atoms with van der Waals surface area (Å²) in [6, 6.07) is 9.95. The zero-order valence-corrected chi connectivity index (χ0v) is 15.7. The highest BCUT2D eigenvalue weighted by atomic mass is 16.2. The van der Waals surface area contributed by atoms with Crippen LogP contribution in [0, 0.1) is 5.92 Å². The van der Waals surface area contributed by atoms with Crippen LogP contribution in [-0.4, -0.2) is 37.8 Å². The monoisotopic (exact) mass is 368 g/mol. The Bertz CT molecular complexity index is 977.